The molecule has 0 atom stereocenters. The first-order valence-corrected chi connectivity index (χ1v) is 9.18. The second-order valence-corrected chi connectivity index (χ2v) is 8.16. The van der Waals surface area contributed by atoms with Crippen LogP contribution < -0.4 is 0 Å². The lowest BCUT2D eigenvalue weighted by Crippen LogP contribution is -2.18. The van der Waals surface area contributed by atoms with Crippen LogP contribution in [0.1, 0.15) is 44.4 Å². The molecule has 3 nitrogen and oxygen atoms in total. The molecule has 0 heterocycles. The van der Waals surface area contributed by atoms with Crippen LogP contribution in [0.25, 0.3) is 0 Å². The molecule has 0 spiro atoms. The molecule has 0 saturated carbocycles. The highest BCUT2D eigenvalue weighted by molar-refractivity contribution is 6.30. The second-order valence-electron chi connectivity index (χ2n) is 7.72. The molecular formula is C22H28ClN3. The highest BCUT2D eigenvalue weighted by Gasteiger charge is 2.13. The zero-order valence-corrected chi connectivity index (χ0v) is 17.3. The number of rotatable bonds is 4. The van der Waals surface area contributed by atoms with Crippen molar-refractivity contribution in [1.29, 1.82) is 0 Å². The maximum atomic E-state index is 6.03. The Labute approximate surface area is 162 Å². The molecule has 0 aliphatic rings. The Kier molecular flexibility index (Phi) is 6.60. The fourth-order valence-electron chi connectivity index (χ4n) is 2.38. The number of amidine groups is 1. The van der Waals surface area contributed by atoms with Crippen LogP contribution in [-0.4, -0.2) is 30.5 Å². The van der Waals surface area contributed by atoms with Crippen molar-refractivity contribution in [3.05, 3.63) is 70.2 Å². The summed E-state index contributed by atoms with van der Waals surface area (Å²) in [5.74, 6) is 0.861. The summed E-state index contributed by atoms with van der Waals surface area (Å²) in [4.78, 5) is 1.95. The van der Waals surface area contributed by atoms with Crippen molar-refractivity contribution in [3.63, 3.8) is 0 Å². The predicted molar refractivity (Wildman–Crippen MR) is 114 cm³/mol. The summed E-state index contributed by atoms with van der Waals surface area (Å²) >= 11 is 6.03. The van der Waals surface area contributed by atoms with Gasteiger partial charge < -0.3 is 4.90 Å². The van der Waals surface area contributed by atoms with Crippen LogP contribution in [0.4, 0.5) is 0 Å². The van der Waals surface area contributed by atoms with Crippen LogP contribution in [-0.2, 0) is 11.8 Å². The number of benzene rings is 2. The minimum absolute atomic E-state index is 0.152. The summed E-state index contributed by atoms with van der Waals surface area (Å²) in [6.45, 7) is 8.62. The molecule has 0 bridgehead atoms. The van der Waals surface area contributed by atoms with Gasteiger partial charge in [0.05, 0.1) is 5.71 Å². The molecule has 2 aromatic carbocycles. The third kappa shape index (κ3) is 5.70. The molecule has 0 amide bonds. The van der Waals surface area contributed by atoms with Crippen molar-refractivity contribution in [2.45, 2.75) is 39.5 Å². The van der Waals surface area contributed by atoms with Gasteiger partial charge in [0.15, 0.2) is 0 Å². The van der Waals surface area contributed by atoms with Crippen molar-refractivity contribution in [3.8, 4) is 0 Å². The summed E-state index contributed by atoms with van der Waals surface area (Å²) < 4.78 is 0. The van der Waals surface area contributed by atoms with Crippen molar-refractivity contribution in [1.82, 2.24) is 4.90 Å². The van der Waals surface area contributed by atoms with E-state index in [4.69, 9.17) is 11.6 Å². The summed E-state index contributed by atoms with van der Waals surface area (Å²) in [6.07, 6.45) is 0.719. The summed E-state index contributed by atoms with van der Waals surface area (Å²) in [5.41, 5.74) is 4.65. The zero-order chi connectivity index (χ0) is 19.3. The molecule has 0 aromatic heterocycles. The zero-order valence-electron chi connectivity index (χ0n) is 16.5. The minimum atomic E-state index is 0.152. The fourth-order valence-corrected chi connectivity index (χ4v) is 2.50. The Morgan fingerprint density at radius 1 is 0.923 bits per heavy atom. The minimum Gasteiger partial charge on any atom is -0.365 e. The third-order valence-electron chi connectivity index (χ3n) is 4.33. The van der Waals surface area contributed by atoms with Gasteiger partial charge >= 0.3 is 0 Å². The first-order chi connectivity index (χ1) is 12.2. The molecule has 2 aromatic rings. The summed E-state index contributed by atoms with van der Waals surface area (Å²) in [7, 11) is 3.92. The Bertz CT molecular complexity index is 780. The van der Waals surface area contributed by atoms with Crippen LogP contribution in [0.15, 0.2) is 58.7 Å². The van der Waals surface area contributed by atoms with Gasteiger partial charge in [0.1, 0.15) is 5.84 Å². The van der Waals surface area contributed by atoms with Gasteiger partial charge in [-0.2, -0.15) is 5.10 Å². The molecular weight excluding hydrogens is 342 g/mol. The molecule has 0 unspecified atom stereocenters. The SMILES string of the molecule is C/C(=N/N=C(/Cc1ccc(C(C)(C)C)cc1)c1ccc(Cl)cc1)N(C)C. The Hall–Kier alpha value is -2.13. The van der Waals surface area contributed by atoms with Crippen LogP contribution in [0.3, 0.4) is 0 Å². The van der Waals surface area contributed by atoms with E-state index in [9.17, 15) is 0 Å². The van der Waals surface area contributed by atoms with Crippen molar-refractivity contribution in [2.75, 3.05) is 14.1 Å². The maximum Gasteiger partial charge on any atom is 0.123 e. The van der Waals surface area contributed by atoms with Gasteiger partial charge in [0.25, 0.3) is 0 Å². The van der Waals surface area contributed by atoms with E-state index in [-0.39, 0.29) is 5.41 Å². The summed E-state index contributed by atoms with van der Waals surface area (Å²) in [5, 5.41) is 9.62. The molecule has 138 valence electrons. The van der Waals surface area contributed by atoms with Crippen molar-refractivity contribution in [2.24, 2.45) is 10.2 Å². The topological polar surface area (TPSA) is 28.0 Å². The lowest BCUT2D eigenvalue weighted by Gasteiger charge is -2.19. The lowest BCUT2D eigenvalue weighted by molar-refractivity contribution is 0.590. The van der Waals surface area contributed by atoms with E-state index in [0.29, 0.717) is 0 Å². The molecule has 0 aliphatic heterocycles. The lowest BCUT2D eigenvalue weighted by atomic mass is 9.86. The predicted octanol–water partition coefficient (Wildman–Crippen LogP) is 5.56. The normalized spacial score (nSPS) is 13.0. The van der Waals surface area contributed by atoms with Gasteiger partial charge in [-0.25, -0.2) is 0 Å². The van der Waals surface area contributed by atoms with E-state index in [0.717, 1.165) is 28.6 Å². The molecule has 26 heavy (non-hydrogen) atoms. The Morgan fingerprint density at radius 3 is 2.00 bits per heavy atom. The highest BCUT2D eigenvalue weighted by Crippen LogP contribution is 2.23. The van der Waals surface area contributed by atoms with E-state index < -0.39 is 0 Å². The number of nitrogens with zero attached hydrogens (tertiary/aromatic N) is 3. The fraction of sp³-hybridized carbons (Fsp3) is 0.364. The number of hydrogen-bond donors (Lipinski definition) is 0. The second kappa shape index (κ2) is 8.50. The highest BCUT2D eigenvalue weighted by atomic mass is 35.5. The van der Waals surface area contributed by atoms with Gasteiger partial charge in [-0.05, 0) is 41.2 Å². The molecule has 0 aliphatic carbocycles. The molecule has 0 fully saturated rings. The van der Waals surface area contributed by atoms with Crippen LogP contribution >= 0.6 is 11.6 Å². The average molecular weight is 370 g/mol. The van der Waals surface area contributed by atoms with Crippen LogP contribution in [0.5, 0.6) is 0 Å². The van der Waals surface area contributed by atoms with Gasteiger partial charge in [-0.3, -0.25) is 0 Å². The molecule has 0 saturated heterocycles. The quantitative estimate of drug-likeness (QED) is 0.393. The first-order valence-electron chi connectivity index (χ1n) is 8.80. The molecule has 0 radical (unpaired) electrons. The molecule has 2 rings (SSSR count). The first kappa shape index (κ1) is 20.2. The van der Waals surface area contributed by atoms with E-state index in [1.807, 2.05) is 50.2 Å². The third-order valence-corrected chi connectivity index (χ3v) is 4.58. The molecule has 4 heteroatoms. The van der Waals surface area contributed by atoms with Gasteiger partial charge in [0.2, 0.25) is 0 Å². The van der Waals surface area contributed by atoms with Crippen molar-refractivity contribution >= 4 is 23.1 Å². The molecule has 0 N–H and O–H groups in total. The largest absolute Gasteiger partial charge is 0.365 e. The average Bonchev–Trinajstić information content (AvgIpc) is 2.58. The van der Waals surface area contributed by atoms with Crippen LogP contribution in [0.2, 0.25) is 5.02 Å². The van der Waals surface area contributed by atoms with Gasteiger partial charge in [-0.15, -0.1) is 5.10 Å². The van der Waals surface area contributed by atoms with Gasteiger partial charge in [-0.1, -0.05) is 68.8 Å². The van der Waals surface area contributed by atoms with E-state index in [2.05, 4.69) is 55.2 Å². The van der Waals surface area contributed by atoms with E-state index in [1.165, 1.54) is 11.1 Å². The maximum absolute atomic E-state index is 6.03. The Balaban J connectivity index is 2.33. The van der Waals surface area contributed by atoms with Crippen LogP contribution in [0, 0.1) is 0 Å². The van der Waals surface area contributed by atoms with Gasteiger partial charge in [0, 0.05) is 25.5 Å². The Morgan fingerprint density at radius 2 is 1.50 bits per heavy atom. The van der Waals surface area contributed by atoms with Crippen molar-refractivity contribution < 1.29 is 0 Å². The number of halogens is 1. The van der Waals surface area contributed by atoms with E-state index >= 15 is 0 Å². The standard InChI is InChI=1S/C22H28ClN3/c1-16(26(5)6)24-25-21(18-9-13-20(23)14-10-18)15-17-7-11-19(12-8-17)22(2,3)4/h7-14H,15H2,1-6H3/b24-16-,25-21-. The smallest absolute Gasteiger partial charge is 0.123 e. The number of hydrogen-bond acceptors (Lipinski definition) is 2. The van der Waals surface area contributed by atoms with E-state index in [1.54, 1.807) is 0 Å². The summed E-state index contributed by atoms with van der Waals surface area (Å²) in [6, 6.07) is 16.5. The monoisotopic (exact) mass is 369 g/mol.